The highest BCUT2D eigenvalue weighted by Gasteiger charge is 2.35. The number of phosphoric acid groups is 1. The number of hydrogen-bond donors (Lipinski definition) is 2. The molecule has 7 nitrogen and oxygen atoms in total. The topological polar surface area (TPSA) is 96.3 Å². The van der Waals surface area contributed by atoms with Gasteiger partial charge < -0.3 is 19.4 Å². The molecule has 1 aliphatic heterocycles. The van der Waals surface area contributed by atoms with E-state index in [1.807, 2.05) is 24.3 Å². The zero-order chi connectivity index (χ0) is 20.9. The Morgan fingerprint density at radius 2 is 1.62 bits per heavy atom. The first kappa shape index (κ1) is 21.5. The quantitative estimate of drug-likeness (QED) is 0.607. The second kappa shape index (κ2) is 9.55. The fraction of sp³-hybridized carbons (Fsp3) is 0.381. The van der Waals surface area contributed by atoms with E-state index in [4.69, 9.17) is 14.5 Å². The van der Waals surface area contributed by atoms with Gasteiger partial charge in [-0.05, 0) is 36.6 Å². The second-order valence-electron chi connectivity index (χ2n) is 7.24. The Labute approximate surface area is 170 Å². The van der Waals surface area contributed by atoms with Crippen LogP contribution in [0.5, 0.6) is 5.75 Å². The van der Waals surface area contributed by atoms with Crippen LogP contribution in [0.4, 0.5) is 0 Å². The first-order valence-corrected chi connectivity index (χ1v) is 11.1. The highest BCUT2D eigenvalue weighted by Crippen LogP contribution is 2.39. The lowest BCUT2D eigenvalue weighted by molar-refractivity contribution is -0.140. The number of hydrogen-bond acceptors (Lipinski definition) is 4. The predicted molar refractivity (Wildman–Crippen MR) is 109 cm³/mol. The van der Waals surface area contributed by atoms with Crippen LogP contribution in [0.1, 0.15) is 23.1 Å². The Bertz CT molecular complexity index is 856. The summed E-state index contributed by atoms with van der Waals surface area (Å²) in [6.07, 6.45) is 1.20. The average Bonchev–Trinajstić information content (AvgIpc) is 2.64. The molecule has 0 radical (unpaired) electrons. The van der Waals surface area contributed by atoms with E-state index in [1.54, 1.807) is 4.90 Å². The fourth-order valence-electron chi connectivity index (χ4n) is 3.11. The smallest absolute Gasteiger partial charge is 0.469 e. The Balaban J connectivity index is 1.35. The number of carbonyl (C=O) groups is 1. The number of carbonyl (C=O) groups excluding carboxylic acids is 1. The van der Waals surface area contributed by atoms with E-state index >= 15 is 0 Å². The summed E-state index contributed by atoms with van der Waals surface area (Å²) in [4.78, 5) is 31.2. The number of likely N-dealkylation sites (tertiary alicyclic amines) is 1. The molecule has 0 unspecified atom stereocenters. The maximum absolute atomic E-state index is 12.1. The average molecular weight is 419 g/mol. The third-order valence-electron chi connectivity index (χ3n) is 4.82. The van der Waals surface area contributed by atoms with Crippen molar-refractivity contribution in [2.24, 2.45) is 0 Å². The van der Waals surface area contributed by atoms with Crippen molar-refractivity contribution >= 4 is 13.7 Å². The molecule has 8 heteroatoms. The minimum absolute atomic E-state index is 0.0472. The number of rotatable bonds is 9. The van der Waals surface area contributed by atoms with Crippen molar-refractivity contribution in [3.63, 3.8) is 0 Å². The van der Waals surface area contributed by atoms with Crippen LogP contribution in [0, 0.1) is 6.92 Å². The SMILES string of the molecule is Cc1ccc(CCOc2ccc(CCC(=O)N3CC(OP(=O)(O)O)C3)cc2)cc1. The van der Waals surface area contributed by atoms with Gasteiger partial charge in [0.25, 0.3) is 0 Å². The van der Waals surface area contributed by atoms with Gasteiger partial charge in [0, 0.05) is 25.9 Å². The van der Waals surface area contributed by atoms with Crippen molar-refractivity contribution in [2.45, 2.75) is 32.3 Å². The van der Waals surface area contributed by atoms with Crippen LogP contribution in [0.3, 0.4) is 0 Å². The molecule has 1 amide bonds. The van der Waals surface area contributed by atoms with Gasteiger partial charge in [0.2, 0.25) is 5.91 Å². The molecule has 156 valence electrons. The van der Waals surface area contributed by atoms with Crippen molar-refractivity contribution in [1.82, 2.24) is 4.90 Å². The van der Waals surface area contributed by atoms with Gasteiger partial charge in [-0.2, -0.15) is 0 Å². The van der Waals surface area contributed by atoms with Crippen LogP contribution >= 0.6 is 7.82 Å². The van der Waals surface area contributed by atoms with Crippen LogP contribution in [0.25, 0.3) is 0 Å². The lowest BCUT2D eigenvalue weighted by Gasteiger charge is -2.38. The van der Waals surface area contributed by atoms with Gasteiger partial charge in [0.05, 0.1) is 6.61 Å². The maximum atomic E-state index is 12.1. The summed E-state index contributed by atoms with van der Waals surface area (Å²) in [5, 5.41) is 0. The monoisotopic (exact) mass is 419 g/mol. The van der Waals surface area contributed by atoms with Crippen molar-refractivity contribution in [3.8, 4) is 5.75 Å². The van der Waals surface area contributed by atoms with Crippen molar-refractivity contribution in [1.29, 1.82) is 0 Å². The van der Waals surface area contributed by atoms with Crippen LogP contribution in [-0.4, -0.2) is 46.4 Å². The Hall–Kier alpha value is -2.18. The van der Waals surface area contributed by atoms with Crippen molar-refractivity contribution in [2.75, 3.05) is 19.7 Å². The highest BCUT2D eigenvalue weighted by atomic mass is 31.2. The van der Waals surface area contributed by atoms with Gasteiger partial charge in [-0.3, -0.25) is 9.32 Å². The molecule has 3 rings (SSSR count). The molecule has 0 aliphatic carbocycles. The molecule has 1 heterocycles. The summed E-state index contributed by atoms with van der Waals surface area (Å²) in [5.74, 6) is 0.751. The molecule has 2 aromatic carbocycles. The molecule has 0 atom stereocenters. The molecule has 0 spiro atoms. The standard InChI is InChI=1S/C21H26NO6P/c1-16-2-4-18(5-3-16)12-13-27-19-9-6-17(7-10-19)8-11-21(23)22-14-20(15-22)28-29(24,25)26/h2-7,9-10,20H,8,11-15H2,1H3,(H2,24,25,26). The molecule has 2 N–H and O–H groups in total. The molecule has 1 saturated heterocycles. The van der Waals surface area contributed by atoms with Gasteiger partial charge >= 0.3 is 7.82 Å². The van der Waals surface area contributed by atoms with E-state index in [1.165, 1.54) is 11.1 Å². The van der Waals surface area contributed by atoms with Crippen LogP contribution in [-0.2, 0) is 26.7 Å². The lowest BCUT2D eigenvalue weighted by Crippen LogP contribution is -2.54. The molecule has 1 aliphatic rings. The summed E-state index contributed by atoms with van der Waals surface area (Å²) in [7, 11) is -4.49. The van der Waals surface area contributed by atoms with E-state index in [-0.39, 0.29) is 19.0 Å². The minimum Gasteiger partial charge on any atom is -0.493 e. The zero-order valence-electron chi connectivity index (χ0n) is 16.4. The molecule has 29 heavy (non-hydrogen) atoms. The van der Waals surface area contributed by atoms with Gasteiger partial charge in [-0.15, -0.1) is 0 Å². The van der Waals surface area contributed by atoms with Gasteiger partial charge in [-0.1, -0.05) is 42.0 Å². The summed E-state index contributed by atoms with van der Waals surface area (Å²) in [6, 6.07) is 16.1. The van der Waals surface area contributed by atoms with Crippen molar-refractivity contribution in [3.05, 3.63) is 65.2 Å². The highest BCUT2D eigenvalue weighted by molar-refractivity contribution is 7.46. The predicted octanol–water partition coefficient (Wildman–Crippen LogP) is 2.87. The van der Waals surface area contributed by atoms with Gasteiger partial charge in [0.15, 0.2) is 0 Å². The summed E-state index contributed by atoms with van der Waals surface area (Å²) in [5.41, 5.74) is 3.52. The molecule has 1 fully saturated rings. The summed E-state index contributed by atoms with van der Waals surface area (Å²) in [6.45, 7) is 3.11. The first-order valence-electron chi connectivity index (χ1n) is 9.57. The van der Waals surface area contributed by atoms with Gasteiger partial charge in [-0.25, -0.2) is 4.57 Å². The Morgan fingerprint density at radius 1 is 1.03 bits per heavy atom. The van der Waals surface area contributed by atoms with Gasteiger partial charge in [0.1, 0.15) is 11.9 Å². The van der Waals surface area contributed by atoms with Crippen LogP contribution in [0.2, 0.25) is 0 Å². The maximum Gasteiger partial charge on any atom is 0.469 e. The lowest BCUT2D eigenvalue weighted by atomic mass is 10.1. The molecular weight excluding hydrogens is 393 g/mol. The third kappa shape index (κ3) is 6.98. The fourth-order valence-corrected chi connectivity index (χ4v) is 3.63. The van der Waals surface area contributed by atoms with E-state index in [0.29, 0.717) is 19.4 Å². The molecule has 0 aromatic heterocycles. The largest absolute Gasteiger partial charge is 0.493 e. The Morgan fingerprint density at radius 3 is 2.24 bits per heavy atom. The number of phosphoric ester groups is 1. The number of aryl methyl sites for hydroxylation is 2. The first-order chi connectivity index (χ1) is 13.8. The summed E-state index contributed by atoms with van der Waals surface area (Å²) >= 11 is 0. The van der Waals surface area contributed by atoms with Crippen molar-refractivity contribution < 1.29 is 28.4 Å². The number of amides is 1. The van der Waals surface area contributed by atoms with Crippen LogP contribution in [0.15, 0.2) is 48.5 Å². The van der Waals surface area contributed by atoms with E-state index in [0.717, 1.165) is 17.7 Å². The molecule has 0 saturated carbocycles. The number of benzene rings is 2. The normalized spacial score (nSPS) is 14.5. The molecule has 2 aromatic rings. The van der Waals surface area contributed by atoms with Crippen LogP contribution < -0.4 is 4.74 Å². The zero-order valence-corrected chi connectivity index (χ0v) is 17.3. The number of ether oxygens (including phenoxy) is 1. The second-order valence-corrected chi connectivity index (χ2v) is 8.44. The van der Waals surface area contributed by atoms with E-state index in [2.05, 4.69) is 35.7 Å². The molecular formula is C21H26NO6P. The van der Waals surface area contributed by atoms with E-state index < -0.39 is 13.9 Å². The molecule has 0 bridgehead atoms. The minimum atomic E-state index is -4.49. The van der Waals surface area contributed by atoms with E-state index in [9.17, 15) is 9.36 Å². The summed E-state index contributed by atoms with van der Waals surface area (Å²) < 4.78 is 21.1. The third-order valence-corrected chi connectivity index (χ3v) is 5.39. The Kier molecular flexibility index (Phi) is 7.09. The number of nitrogens with zero attached hydrogens (tertiary/aromatic N) is 1.